The quantitative estimate of drug-likeness (QED) is 0.846. The van der Waals surface area contributed by atoms with Gasteiger partial charge in [0.1, 0.15) is 23.3 Å². The molecule has 1 aromatic heterocycles. The minimum atomic E-state index is -4.64. The maximum atomic E-state index is 13.6. The fourth-order valence-corrected chi connectivity index (χ4v) is 4.72. The van der Waals surface area contributed by atoms with Crippen molar-refractivity contribution in [2.45, 2.75) is 32.5 Å². The summed E-state index contributed by atoms with van der Waals surface area (Å²) < 4.78 is 40.9. The molecule has 0 radical (unpaired) electrons. The smallest absolute Gasteiger partial charge is 0.417 e. The molecule has 1 aliphatic carbocycles. The van der Waals surface area contributed by atoms with E-state index in [1.54, 1.807) is 22.8 Å². The number of hydrogen-bond acceptors (Lipinski definition) is 5. The first-order valence-corrected chi connectivity index (χ1v) is 9.40. The highest BCUT2D eigenvalue weighted by molar-refractivity contribution is 5.71. The number of aromatic nitrogens is 1. The van der Waals surface area contributed by atoms with E-state index in [-0.39, 0.29) is 35.4 Å². The van der Waals surface area contributed by atoms with Gasteiger partial charge in [-0.2, -0.15) is 18.4 Å². The SMILES string of the molecule is CC(C(=O)O)[C@H]1[C@@H]2CN(c3cc(C(F)(F)F)c(C#N)c(N4CC[C@@H]4C)n3)C[C@@H]21. The van der Waals surface area contributed by atoms with E-state index >= 15 is 0 Å². The van der Waals surface area contributed by atoms with Crippen LogP contribution in [0.25, 0.3) is 0 Å². The predicted octanol–water partition coefficient (Wildman–Crippen LogP) is 2.97. The average Bonchev–Trinajstić information content (AvgIpc) is 3.10. The summed E-state index contributed by atoms with van der Waals surface area (Å²) in [6.45, 7) is 5.15. The Morgan fingerprint density at radius 2 is 2.04 bits per heavy atom. The third kappa shape index (κ3) is 2.86. The van der Waals surface area contributed by atoms with Crippen molar-refractivity contribution >= 4 is 17.6 Å². The lowest BCUT2D eigenvalue weighted by atomic mass is 10.0. The van der Waals surface area contributed by atoms with Crippen LogP contribution in [0.4, 0.5) is 24.8 Å². The number of carboxylic acid groups (broad SMARTS) is 1. The Kier molecular flexibility index (Phi) is 4.21. The minimum absolute atomic E-state index is 0.0451. The first-order valence-electron chi connectivity index (χ1n) is 9.40. The van der Waals surface area contributed by atoms with E-state index in [1.165, 1.54) is 0 Å². The number of hydrogen-bond donors (Lipinski definition) is 1. The second-order valence-electron chi connectivity index (χ2n) is 8.10. The first-order chi connectivity index (χ1) is 13.1. The fourth-order valence-electron chi connectivity index (χ4n) is 4.72. The molecule has 4 rings (SSSR count). The van der Waals surface area contributed by atoms with Crippen LogP contribution in [-0.4, -0.2) is 41.7 Å². The number of fused-ring (bicyclic) bond motifs is 1. The standard InChI is InChI=1S/C19H21F3N4O2/c1-9-3-4-26(9)17-11(6-23)14(19(20,21)22)5-15(24-17)25-7-12-13(8-25)16(12)10(2)18(27)28/h5,9-10,12-13,16H,3-4,7-8H2,1-2H3,(H,27,28)/t9-,10?,12-,13+,16+/m0/s1. The number of pyridine rings is 1. The van der Waals surface area contributed by atoms with Crippen LogP contribution in [0.2, 0.25) is 0 Å². The van der Waals surface area contributed by atoms with Crippen molar-refractivity contribution in [1.29, 1.82) is 5.26 Å². The van der Waals surface area contributed by atoms with Gasteiger partial charge in [-0.05, 0) is 37.2 Å². The zero-order chi connectivity index (χ0) is 20.4. The van der Waals surface area contributed by atoms with Gasteiger partial charge >= 0.3 is 12.1 Å². The molecule has 1 aromatic rings. The summed E-state index contributed by atoms with van der Waals surface area (Å²) in [6.07, 6.45) is -3.80. The molecule has 1 N–H and O–H groups in total. The van der Waals surface area contributed by atoms with Gasteiger partial charge in [0, 0.05) is 25.7 Å². The second-order valence-corrected chi connectivity index (χ2v) is 8.10. The average molecular weight is 394 g/mol. The van der Waals surface area contributed by atoms with Crippen LogP contribution in [0, 0.1) is 35.0 Å². The van der Waals surface area contributed by atoms with Crippen LogP contribution >= 0.6 is 0 Å². The van der Waals surface area contributed by atoms with E-state index in [0.29, 0.717) is 19.6 Å². The normalized spacial score (nSPS) is 29.7. The Labute approximate surface area is 160 Å². The van der Waals surface area contributed by atoms with Crippen LogP contribution in [0.15, 0.2) is 6.07 Å². The van der Waals surface area contributed by atoms with Gasteiger partial charge in [-0.25, -0.2) is 4.98 Å². The van der Waals surface area contributed by atoms with E-state index < -0.39 is 29.2 Å². The van der Waals surface area contributed by atoms with Gasteiger partial charge in [0.2, 0.25) is 0 Å². The van der Waals surface area contributed by atoms with Crippen LogP contribution in [0.5, 0.6) is 0 Å². The monoisotopic (exact) mass is 394 g/mol. The summed E-state index contributed by atoms with van der Waals surface area (Å²) in [5.41, 5.74) is -1.38. The molecule has 1 saturated carbocycles. The number of rotatable bonds is 4. The predicted molar refractivity (Wildman–Crippen MR) is 94.9 cm³/mol. The molecule has 28 heavy (non-hydrogen) atoms. The van der Waals surface area contributed by atoms with Gasteiger partial charge < -0.3 is 14.9 Å². The third-order valence-corrected chi connectivity index (χ3v) is 6.55. The lowest BCUT2D eigenvalue weighted by molar-refractivity contribution is -0.142. The Morgan fingerprint density at radius 3 is 2.46 bits per heavy atom. The topological polar surface area (TPSA) is 80.5 Å². The molecule has 3 heterocycles. The van der Waals surface area contributed by atoms with E-state index in [4.69, 9.17) is 0 Å². The summed E-state index contributed by atoms with van der Waals surface area (Å²) in [7, 11) is 0. The number of nitriles is 1. The molecular formula is C19H21F3N4O2. The third-order valence-electron chi connectivity index (χ3n) is 6.55. The Morgan fingerprint density at radius 1 is 1.39 bits per heavy atom. The number of alkyl halides is 3. The molecule has 150 valence electrons. The number of aliphatic carboxylic acids is 1. The minimum Gasteiger partial charge on any atom is -0.481 e. The molecule has 3 fully saturated rings. The summed E-state index contributed by atoms with van der Waals surface area (Å²) >= 11 is 0. The van der Waals surface area contributed by atoms with Crippen LogP contribution in [-0.2, 0) is 11.0 Å². The lowest BCUT2D eigenvalue weighted by Crippen LogP contribution is -2.47. The molecule has 0 bridgehead atoms. The molecule has 2 saturated heterocycles. The highest BCUT2D eigenvalue weighted by Crippen LogP contribution is 2.56. The summed E-state index contributed by atoms with van der Waals surface area (Å²) in [5.74, 6) is -0.556. The van der Waals surface area contributed by atoms with E-state index in [9.17, 15) is 28.3 Å². The number of nitrogens with zero attached hydrogens (tertiary/aromatic N) is 4. The van der Waals surface area contributed by atoms with E-state index in [2.05, 4.69) is 4.98 Å². The number of piperidine rings is 1. The van der Waals surface area contributed by atoms with Crippen LogP contribution in [0.1, 0.15) is 31.4 Å². The van der Waals surface area contributed by atoms with Gasteiger partial charge in [0.15, 0.2) is 0 Å². The van der Waals surface area contributed by atoms with Crippen molar-refractivity contribution in [3.63, 3.8) is 0 Å². The molecule has 6 nitrogen and oxygen atoms in total. The van der Waals surface area contributed by atoms with Crippen molar-refractivity contribution in [1.82, 2.24) is 4.98 Å². The summed E-state index contributed by atoms with van der Waals surface area (Å²) in [4.78, 5) is 19.2. The Bertz CT molecular complexity index is 854. The molecule has 5 atom stereocenters. The first kappa shape index (κ1) is 18.8. The van der Waals surface area contributed by atoms with Gasteiger partial charge in [0.25, 0.3) is 0 Å². The molecule has 1 unspecified atom stereocenters. The van der Waals surface area contributed by atoms with Crippen LogP contribution in [0.3, 0.4) is 0 Å². The maximum absolute atomic E-state index is 13.6. The van der Waals surface area contributed by atoms with E-state index in [0.717, 1.165) is 12.5 Å². The Hall–Kier alpha value is -2.50. The maximum Gasteiger partial charge on any atom is 0.417 e. The zero-order valence-corrected chi connectivity index (χ0v) is 15.6. The van der Waals surface area contributed by atoms with Gasteiger partial charge in [-0.15, -0.1) is 0 Å². The molecule has 0 amide bonds. The fraction of sp³-hybridized carbons (Fsp3) is 0.632. The van der Waals surface area contributed by atoms with Crippen molar-refractivity contribution < 1.29 is 23.1 Å². The van der Waals surface area contributed by atoms with Crippen molar-refractivity contribution in [3.05, 3.63) is 17.2 Å². The van der Waals surface area contributed by atoms with Gasteiger partial charge in [0.05, 0.1) is 11.5 Å². The van der Waals surface area contributed by atoms with E-state index in [1.807, 2.05) is 6.92 Å². The lowest BCUT2D eigenvalue weighted by Gasteiger charge is -2.41. The second kappa shape index (κ2) is 6.26. The molecule has 0 aromatic carbocycles. The largest absolute Gasteiger partial charge is 0.481 e. The van der Waals surface area contributed by atoms with Gasteiger partial charge in [-0.1, -0.05) is 6.92 Å². The molecular weight excluding hydrogens is 373 g/mol. The van der Waals surface area contributed by atoms with Crippen LogP contribution < -0.4 is 9.80 Å². The molecule has 2 aliphatic heterocycles. The Balaban J connectivity index is 1.65. The molecule has 9 heteroatoms. The van der Waals surface area contributed by atoms with Crippen molar-refractivity contribution in [2.75, 3.05) is 29.4 Å². The number of carbonyl (C=O) groups is 1. The highest BCUT2D eigenvalue weighted by atomic mass is 19.4. The number of anilines is 2. The molecule has 0 spiro atoms. The summed E-state index contributed by atoms with van der Waals surface area (Å²) in [6, 6.07) is 2.71. The van der Waals surface area contributed by atoms with Crippen molar-refractivity contribution in [3.8, 4) is 6.07 Å². The highest BCUT2D eigenvalue weighted by Gasteiger charge is 2.59. The van der Waals surface area contributed by atoms with Crippen molar-refractivity contribution in [2.24, 2.45) is 23.7 Å². The zero-order valence-electron chi connectivity index (χ0n) is 15.6. The molecule has 3 aliphatic rings. The van der Waals surface area contributed by atoms with Gasteiger partial charge in [-0.3, -0.25) is 4.79 Å². The summed E-state index contributed by atoms with van der Waals surface area (Å²) in [5, 5.41) is 18.6. The number of carboxylic acids is 1. The number of halogens is 3.